The monoisotopic (exact) mass is 399 g/mol. The van der Waals surface area contributed by atoms with Crippen molar-refractivity contribution in [1.29, 1.82) is 0 Å². The van der Waals surface area contributed by atoms with Crippen LogP contribution in [0.25, 0.3) is 0 Å². The molecule has 2 bridgehead atoms. The maximum Gasteiger partial charge on any atom is 0.311 e. The van der Waals surface area contributed by atoms with Gasteiger partial charge in [-0.05, 0) is 74.2 Å². The molecule has 0 spiro atoms. The van der Waals surface area contributed by atoms with Gasteiger partial charge in [-0.1, -0.05) is 45.6 Å². The molecule has 1 N–H and O–H groups in total. The van der Waals surface area contributed by atoms with Crippen LogP contribution in [0, 0.1) is 11.8 Å². The summed E-state index contributed by atoms with van der Waals surface area (Å²) in [6.45, 7) is 5.34. The highest BCUT2D eigenvalue weighted by molar-refractivity contribution is 5.72. The van der Waals surface area contributed by atoms with E-state index in [9.17, 15) is 4.79 Å². The van der Waals surface area contributed by atoms with Crippen LogP contribution >= 0.6 is 0 Å². The van der Waals surface area contributed by atoms with Gasteiger partial charge in [0.25, 0.3) is 0 Å². The van der Waals surface area contributed by atoms with Gasteiger partial charge in [0.15, 0.2) is 0 Å². The van der Waals surface area contributed by atoms with E-state index < -0.39 is 0 Å². The lowest BCUT2D eigenvalue weighted by Gasteiger charge is -2.56. The number of unbranched alkanes of at least 4 members (excludes halogenated alkanes) is 1. The van der Waals surface area contributed by atoms with Crippen molar-refractivity contribution in [3.63, 3.8) is 0 Å². The molecule has 4 nitrogen and oxygen atoms in total. The van der Waals surface area contributed by atoms with Gasteiger partial charge in [-0.25, -0.2) is 0 Å². The fraction of sp³-hybridized carbons (Fsp3) is 0.720. The Balaban J connectivity index is 1.43. The van der Waals surface area contributed by atoms with E-state index in [2.05, 4.69) is 37.4 Å². The average Bonchev–Trinajstić information content (AvgIpc) is 2.74. The Labute approximate surface area is 175 Å². The number of fused-ring (bicyclic) bond motifs is 1. The van der Waals surface area contributed by atoms with Gasteiger partial charge in [-0.3, -0.25) is 4.79 Å². The maximum absolute atomic E-state index is 12.3. The molecule has 0 amide bonds. The second-order valence-corrected chi connectivity index (χ2v) is 9.32. The van der Waals surface area contributed by atoms with E-state index in [1.54, 1.807) is 0 Å². The van der Waals surface area contributed by atoms with Gasteiger partial charge < -0.3 is 14.8 Å². The van der Waals surface area contributed by atoms with E-state index in [0.717, 1.165) is 50.3 Å². The summed E-state index contributed by atoms with van der Waals surface area (Å²) in [7, 11) is 0. The van der Waals surface area contributed by atoms with Gasteiger partial charge in [0.1, 0.15) is 5.75 Å². The standard InChI is InChI=1S/C25H37NO3/c1-3-5-8-18(4-2)24(27)29-17-28-20-11-10-19-15-23-21-9-6-7-12-25(21,13-14-26-23)22(19)16-20/h10-11,16,18,21,23,26H,3-9,12-15,17H2,1-2H3/t18?,21-,23+,25-/m1/s1. The molecule has 1 heterocycles. The molecular formula is C25H37NO3. The van der Waals surface area contributed by atoms with Gasteiger partial charge in [0, 0.05) is 11.5 Å². The van der Waals surface area contributed by atoms with Gasteiger partial charge in [0.2, 0.25) is 6.79 Å². The number of hydrogen-bond acceptors (Lipinski definition) is 4. The van der Waals surface area contributed by atoms with Crippen LogP contribution < -0.4 is 10.1 Å². The van der Waals surface area contributed by atoms with Crippen LogP contribution in [0.2, 0.25) is 0 Å². The van der Waals surface area contributed by atoms with Crippen LogP contribution in [0.3, 0.4) is 0 Å². The van der Waals surface area contributed by atoms with Gasteiger partial charge in [-0.2, -0.15) is 0 Å². The molecule has 1 saturated carbocycles. The van der Waals surface area contributed by atoms with E-state index in [1.807, 2.05) is 0 Å². The van der Waals surface area contributed by atoms with Crippen molar-refractivity contribution in [3.05, 3.63) is 29.3 Å². The zero-order chi connectivity index (χ0) is 20.3. The van der Waals surface area contributed by atoms with Crippen LogP contribution in [-0.2, 0) is 21.4 Å². The summed E-state index contributed by atoms with van der Waals surface area (Å²) in [5.74, 6) is 1.48. The third-order valence-electron chi connectivity index (χ3n) is 7.78. The van der Waals surface area contributed by atoms with Gasteiger partial charge >= 0.3 is 5.97 Å². The Kier molecular flexibility index (Phi) is 6.48. The van der Waals surface area contributed by atoms with E-state index >= 15 is 0 Å². The second-order valence-electron chi connectivity index (χ2n) is 9.32. The zero-order valence-electron chi connectivity index (χ0n) is 18.2. The lowest BCUT2D eigenvalue weighted by molar-refractivity contribution is -0.155. The topological polar surface area (TPSA) is 47.6 Å². The molecule has 4 atom stereocenters. The van der Waals surface area contributed by atoms with Crippen LogP contribution in [0.4, 0.5) is 0 Å². The van der Waals surface area contributed by atoms with Crippen molar-refractivity contribution >= 4 is 5.97 Å². The number of nitrogens with one attached hydrogen (secondary N) is 1. The number of rotatable bonds is 8. The maximum atomic E-state index is 12.3. The van der Waals surface area contributed by atoms with Crippen LogP contribution in [0.1, 0.15) is 82.8 Å². The summed E-state index contributed by atoms with van der Waals surface area (Å²) < 4.78 is 11.4. The van der Waals surface area contributed by atoms with E-state index in [1.165, 1.54) is 43.2 Å². The predicted octanol–water partition coefficient (Wildman–Crippen LogP) is 5.13. The van der Waals surface area contributed by atoms with Crippen molar-refractivity contribution < 1.29 is 14.3 Å². The number of esters is 1. The Morgan fingerprint density at radius 1 is 1.28 bits per heavy atom. The Hall–Kier alpha value is -1.55. The molecular weight excluding hydrogens is 362 g/mol. The minimum atomic E-state index is -0.119. The first-order valence-electron chi connectivity index (χ1n) is 11.8. The SMILES string of the molecule is CCCCC(CC)C(=O)OCOc1ccc2c(c1)[C@@]13CCCC[C@@H]1[C@H](C2)NCC3. The minimum Gasteiger partial charge on any atom is -0.457 e. The number of hydrogen-bond donors (Lipinski definition) is 1. The van der Waals surface area contributed by atoms with Crippen LogP contribution in [0.15, 0.2) is 18.2 Å². The smallest absolute Gasteiger partial charge is 0.311 e. The second kappa shape index (κ2) is 9.07. The zero-order valence-corrected chi connectivity index (χ0v) is 18.2. The largest absolute Gasteiger partial charge is 0.457 e. The highest BCUT2D eigenvalue weighted by atomic mass is 16.7. The summed E-state index contributed by atoms with van der Waals surface area (Å²) in [6.07, 6.45) is 11.6. The number of carbonyl (C=O) groups excluding carboxylic acids is 1. The quantitative estimate of drug-likeness (QED) is 0.486. The van der Waals surface area contributed by atoms with Crippen LogP contribution in [-0.4, -0.2) is 25.3 Å². The summed E-state index contributed by atoms with van der Waals surface area (Å²) in [6, 6.07) is 7.20. The normalized spacial score (nSPS) is 28.8. The Bertz CT molecular complexity index is 714. The lowest BCUT2D eigenvalue weighted by Crippen LogP contribution is -2.59. The summed E-state index contributed by atoms with van der Waals surface area (Å²) in [4.78, 5) is 12.3. The Morgan fingerprint density at radius 3 is 3.00 bits per heavy atom. The summed E-state index contributed by atoms with van der Waals surface area (Å²) in [5.41, 5.74) is 3.32. The molecule has 3 aliphatic rings. The first-order valence-corrected chi connectivity index (χ1v) is 11.8. The van der Waals surface area contributed by atoms with Gasteiger partial charge in [-0.15, -0.1) is 0 Å². The molecule has 1 aromatic carbocycles. The molecule has 160 valence electrons. The molecule has 4 rings (SSSR count). The number of carbonyl (C=O) groups is 1. The number of piperidine rings is 1. The first-order chi connectivity index (χ1) is 14.2. The molecule has 1 saturated heterocycles. The molecule has 0 aromatic heterocycles. The molecule has 2 aliphatic carbocycles. The molecule has 0 radical (unpaired) electrons. The first kappa shape index (κ1) is 20.7. The third kappa shape index (κ3) is 4.05. The predicted molar refractivity (Wildman–Crippen MR) is 115 cm³/mol. The molecule has 29 heavy (non-hydrogen) atoms. The highest BCUT2D eigenvalue weighted by Gasteiger charge is 2.51. The van der Waals surface area contributed by atoms with Crippen molar-refractivity contribution in [2.75, 3.05) is 13.3 Å². The molecule has 1 unspecified atom stereocenters. The molecule has 4 heteroatoms. The molecule has 1 aliphatic heterocycles. The minimum absolute atomic E-state index is 0.00404. The fourth-order valence-corrected chi connectivity index (χ4v) is 6.21. The van der Waals surface area contributed by atoms with Crippen molar-refractivity contribution in [3.8, 4) is 5.75 Å². The Morgan fingerprint density at radius 2 is 2.17 bits per heavy atom. The third-order valence-corrected chi connectivity index (χ3v) is 7.78. The van der Waals surface area contributed by atoms with E-state index in [-0.39, 0.29) is 18.7 Å². The van der Waals surface area contributed by atoms with E-state index in [4.69, 9.17) is 9.47 Å². The molecule has 2 fully saturated rings. The average molecular weight is 400 g/mol. The highest BCUT2D eigenvalue weighted by Crippen LogP contribution is 2.54. The van der Waals surface area contributed by atoms with E-state index in [0.29, 0.717) is 11.5 Å². The van der Waals surface area contributed by atoms with Crippen LogP contribution in [0.5, 0.6) is 5.75 Å². The number of ether oxygens (including phenoxy) is 2. The van der Waals surface area contributed by atoms with Crippen molar-refractivity contribution in [2.45, 2.75) is 89.5 Å². The molecule has 1 aromatic rings. The summed E-state index contributed by atoms with van der Waals surface area (Å²) in [5, 5.41) is 3.79. The summed E-state index contributed by atoms with van der Waals surface area (Å²) >= 11 is 0. The number of benzene rings is 1. The van der Waals surface area contributed by atoms with Crippen molar-refractivity contribution in [2.24, 2.45) is 11.8 Å². The fourth-order valence-electron chi connectivity index (χ4n) is 6.21. The van der Waals surface area contributed by atoms with Gasteiger partial charge in [0.05, 0.1) is 5.92 Å². The lowest BCUT2D eigenvalue weighted by atomic mass is 9.53. The van der Waals surface area contributed by atoms with Crippen molar-refractivity contribution in [1.82, 2.24) is 5.32 Å².